The van der Waals surface area contributed by atoms with Gasteiger partial charge in [0.1, 0.15) is 28.0 Å². The predicted octanol–water partition coefficient (Wildman–Crippen LogP) is 7.44. The first kappa shape index (κ1) is 60.7. The number of carbonyl (C=O) groups excluding carboxylic acids is 5. The largest absolute Gasteiger partial charge is 0.474 e. The molecule has 2 aromatic carbocycles. The minimum atomic E-state index is -4.50. The van der Waals surface area contributed by atoms with E-state index >= 15 is 0 Å². The summed E-state index contributed by atoms with van der Waals surface area (Å²) < 4.78 is 60.5. The lowest BCUT2D eigenvalue weighted by Crippen LogP contribution is -2.53. The highest BCUT2D eigenvalue weighted by Gasteiger charge is 2.35. The maximum Gasteiger partial charge on any atom is 0.474 e. The summed E-state index contributed by atoms with van der Waals surface area (Å²) >= 11 is 0. The second-order valence-corrected chi connectivity index (χ2v) is 23.3. The van der Waals surface area contributed by atoms with Crippen LogP contribution in [0.5, 0.6) is 0 Å². The van der Waals surface area contributed by atoms with Crippen LogP contribution >= 0.6 is 7.82 Å². The molecule has 0 N–H and O–H groups in total. The van der Waals surface area contributed by atoms with E-state index in [-0.39, 0.29) is 58.9 Å². The van der Waals surface area contributed by atoms with Gasteiger partial charge in [0.25, 0.3) is 0 Å². The number of nitrogens with zero attached hydrogens (tertiary/aromatic N) is 4. The van der Waals surface area contributed by atoms with E-state index in [1.165, 1.54) is 9.80 Å². The van der Waals surface area contributed by atoms with E-state index in [4.69, 9.17) is 37.3 Å². The average molecular weight is 991 g/mol. The summed E-state index contributed by atoms with van der Waals surface area (Å²) in [6.07, 6.45) is 0.176. The zero-order valence-corrected chi connectivity index (χ0v) is 44.7. The van der Waals surface area contributed by atoms with E-state index in [1.54, 1.807) is 109 Å². The first-order valence-corrected chi connectivity index (χ1v) is 24.7. The fraction of sp³-hybridized carbons (Fsp3) is 0.680. The Morgan fingerprint density at radius 1 is 0.551 bits per heavy atom. The number of rotatable bonds is 26. The molecule has 0 aliphatic rings. The first-order chi connectivity index (χ1) is 31.6. The Morgan fingerprint density at radius 2 is 0.957 bits per heavy atom. The van der Waals surface area contributed by atoms with Gasteiger partial charge in [-0.15, -0.1) is 0 Å². The van der Waals surface area contributed by atoms with Crippen LogP contribution in [0.1, 0.15) is 116 Å². The van der Waals surface area contributed by atoms with Crippen molar-refractivity contribution >= 4 is 48.4 Å². The lowest BCUT2D eigenvalue weighted by Gasteiger charge is -2.36. The Balaban J connectivity index is 2.71. The number of phosphoric ester groups is 1. The standard InChI is InChI=1S/C50H79N4O14P/c1-46(2,3)64-41(55)31-52(26-27-53(32-42(56)65-47(4,5)6)33-43(57)66-48(7,8)9)30-39(54(34-44(58)67-49(10,11)12)35-45(59)68-50(13,14)15)36-63-69(60,61-28-19-25-51)62-29-24-38-22-18-21-37-20-16-17-23-40(37)38/h16-18,20-23,39H,19,24,26-36H2,1-15H3. The Morgan fingerprint density at radius 3 is 1.42 bits per heavy atom. The number of ether oxygens (including phenoxy) is 5. The molecule has 0 saturated carbocycles. The van der Waals surface area contributed by atoms with Crippen LogP contribution in [-0.4, -0.2) is 151 Å². The Bertz CT molecular complexity index is 2020. The van der Waals surface area contributed by atoms with Crippen molar-refractivity contribution in [3.63, 3.8) is 0 Å². The Labute approximate surface area is 410 Å². The highest BCUT2D eigenvalue weighted by Crippen LogP contribution is 2.50. The summed E-state index contributed by atoms with van der Waals surface area (Å²) in [5.74, 6) is -3.28. The molecule has 0 heterocycles. The monoisotopic (exact) mass is 991 g/mol. The molecule has 19 heteroatoms. The van der Waals surface area contributed by atoms with Gasteiger partial charge in [-0.25, -0.2) is 4.57 Å². The molecule has 2 unspecified atom stereocenters. The molecule has 0 aromatic heterocycles. The molecule has 0 saturated heterocycles. The van der Waals surface area contributed by atoms with Crippen LogP contribution < -0.4 is 0 Å². The third-order valence-electron chi connectivity index (χ3n) is 8.93. The third-order valence-corrected chi connectivity index (χ3v) is 10.4. The van der Waals surface area contributed by atoms with Crippen molar-refractivity contribution < 1.29 is 65.8 Å². The number of benzene rings is 2. The lowest BCUT2D eigenvalue weighted by atomic mass is 10.0. The highest BCUT2D eigenvalue weighted by molar-refractivity contribution is 7.48. The molecule has 0 aliphatic heterocycles. The quantitative estimate of drug-likeness (QED) is 0.0388. The van der Waals surface area contributed by atoms with Gasteiger partial charge in [-0.05, 0) is 127 Å². The van der Waals surface area contributed by atoms with Gasteiger partial charge in [-0.3, -0.25) is 52.2 Å². The highest BCUT2D eigenvalue weighted by atomic mass is 31.2. The van der Waals surface area contributed by atoms with Crippen LogP contribution in [0, 0.1) is 11.3 Å². The van der Waals surface area contributed by atoms with Crippen molar-refractivity contribution in [2.45, 2.75) is 151 Å². The zero-order valence-electron chi connectivity index (χ0n) is 43.8. The van der Waals surface area contributed by atoms with Gasteiger partial charge in [0.2, 0.25) is 0 Å². The van der Waals surface area contributed by atoms with Gasteiger partial charge >= 0.3 is 37.7 Å². The summed E-state index contributed by atoms with van der Waals surface area (Å²) in [7, 11) is -4.50. The van der Waals surface area contributed by atoms with E-state index in [0.29, 0.717) is 6.42 Å². The Hall–Kier alpha value is -4.47. The summed E-state index contributed by atoms with van der Waals surface area (Å²) in [5, 5.41) is 11.3. The topological polar surface area (TPSA) is 210 Å². The predicted molar refractivity (Wildman–Crippen MR) is 261 cm³/mol. The average Bonchev–Trinajstić information content (AvgIpc) is 3.14. The summed E-state index contributed by atoms with van der Waals surface area (Å²) in [6, 6.07) is 14.5. The van der Waals surface area contributed by atoms with Gasteiger partial charge in [-0.2, -0.15) is 5.26 Å². The van der Waals surface area contributed by atoms with Gasteiger partial charge in [0.15, 0.2) is 0 Å². The van der Waals surface area contributed by atoms with Crippen molar-refractivity contribution in [3.05, 3.63) is 48.0 Å². The van der Waals surface area contributed by atoms with Crippen molar-refractivity contribution in [1.29, 1.82) is 5.26 Å². The first-order valence-electron chi connectivity index (χ1n) is 23.3. The van der Waals surface area contributed by atoms with Crippen LogP contribution in [0.2, 0.25) is 0 Å². The molecule has 0 aliphatic carbocycles. The van der Waals surface area contributed by atoms with Crippen molar-refractivity contribution in [1.82, 2.24) is 14.7 Å². The van der Waals surface area contributed by atoms with Crippen LogP contribution in [-0.2, 0) is 72.2 Å². The number of carbonyl (C=O) groups is 5. The summed E-state index contributed by atoms with van der Waals surface area (Å²) in [5.41, 5.74) is -3.46. The molecule has 0 radical (unpaired) electrons. The Kier molecular flexibility index (Phi) is 23.4. The second kappa shape index (κ2) is 26.7. The van der Waals surface area contributed by atoms with Crippen molar-refractivity contribution in [3.8, 4) is 6.07 Å². The number of phosphoric acid groups is 1. The van der Waals surface area contributed by atoms with Crippen LogP contribution in [0.25, 0.3) is 10.8 Å². The van der Waals surface area contributed by atoms with E-state index in [0.717, 1.165) is 16.3 Å². The van der Waals surface area contributed by atoms with E-state index in [9.17, 15) is 33.8 Å². The molecule has 0 spiro atoms. The fourth-order valence-corrected chi connectivity index (χ4v) is 7.84. The van der Waals surface area contributed by atoms with Gasteiger partial charge in [-0.1, -0.05) is 42.5 Å². The van der Waals surface area contributed by atoms with Crippen molar-refractivity contribution in [2.75, 3.05) is 72.2 Å². The minimum absolute atomic E-state index is 0.0000353. The van der Waals surface area contributed by atoms with Gasteiger partial charge < -0.3 is 23.7 Å². The number of fused-ring (bicyclic) bond motifs is 1. The molecular weight excluding hydrogens is 912 g/mol. The number of nitriles is 1. The molecule has 2 atom stereocenters. The molecule has 18 nitrogen and oxygen atoms in total. The minimum Gasteiger partial charge on any atom is -0.459 e. The van der Waals surface area contributed by atoms with Gasteiger partial charge in [0.05, 0.1) is 65.0 Å². The summed E-state index contributed by atoms with van der Waals surface area (Å²) in [4.78, 5) is 71.9. The normalized spacial score (nSPS) is 14.0. The molecule has 2 rings (SSSR count). The van der Waals surface area contributed by atoms with Crippen molar-refractivity contribution in [2.24, 2.45) is 0 Å². The maximum atomic E-state index is 14.6. The molecular formula is C50H79N4O14P. The lowest BCUT2D eigenvalue weighted by molar-refractivity contribution is -0.163. The molecule has 2 aromatic rings. The van der Waals surface area contributed by atoms with E-state index < -0.39 is 91.4 Å². The SMILES string of the molecule is CC(C)(C)OC(=O)CN(CCN(CC(=O)OC(C)(C)C)CC(COP(=O)(OCCC#N)OCCc1cccc2ccccc12)N(CC(=O)OC(C)(C)C)CC(=O)OC(C)(C)C)CC(=O)OC(C)(C)C. The van der Waals surface area contributed by atoms with Gasteiger partial charge in [0, 0.05) is 25.7 Å². The zero-order chi connectivity index (χ0) is 52.4. The van der Waals surface area contributed by atoms with Crippen LogP contribution in [0.15, 0.2) is 42.5 Å². The van der Waals surface area contributed by atoms with Crippen LogP contribution in [0.3, 0.4) is 0 Å². The van der Waals surface area contributed by atoms with E-state index in [1.807, 2.05) is 48.5 Å². The number of esters is 5. The molecule has 0 bridgehead atoms. The molecule has 0 amide bonds. The number of hydrogen-bond acceptors (Lipinski definition) is 18. The summed E-state index contributed by atoms with van der Waals surface area (Å²) in [6.45, 7) is 22.5. The molecule has 69 heavy (non-hydrogen) atoms. The maximum absolute atomic E-state index is 14.6. The second-order valence-electron chi connectivity index (χ2n) is 21.6. The third kappa shape index (κ3) is 27.5. The molecule has 388 valence electrons. The molecule has 0 fully saturated rings. The van der Waals surface area contributed by atoms with E-state index in [2.05, 4.69) is 0 Å². The number of hydrogen-bond donors (Lipinski definition) is 0. The smallest absolute Gasteiger partial charge is 0.459 e. The van der Waals surface area contributed by atoms with Crippen LogP contribution in [0.4, 0.5) is 0 Å². The fourth-order valence-electron chi connectivity index (χ4n) is 6.64.